The van der Waals surface area contributed by atoms with Crippen molar-refractivity contribution in [2.75, 3.05) is 6.61 Å². The van der Waals surface area contributed by atoms with E-state index >= 15 is 0 Å². The van der Waals surface area contributed by atoms with Gasteiger partial charge in [0.2, 0.25) is 0 Å². The molecule has 0 saturated carbocycles. The van der Waals surface area contributed by atoms with E-state index in [2.05, 4.69) is 5.10 Å². The summed E-state index contributed by atoms with van der Waals surface area (Å²) >= 11 is 18.5. The molecule has 0 saturated heterocycles. The van der Waals surface area contributed by atoms with Crippen molar-refractivity contribution in [2.24, 2.45) is 0 Å². The summed E-state index contributed by atoms with van der Waals surface area (Å²) in [5.74, 6) is -0.494. The highest BCUT2D eigenvalue weighted by molar-refractivity contribution is 6.35. The molecule has 0 aliphatic rings. The molecule has 1 heterocycles. The number of ether oxygens (including phenoxy) is 1. The number of esters is 1. The van der Waals surface area contributed by atoms with Gasteiger partial charge in [-0.3, -0.25) is 0 Å². The quantitative estimate of drug-likeness (QED) is 0.362. The number of aryl methyl sites for hydroxylation is 1. The minimum Gasteiger partial charge on any atom is -0.462 e. The molecule has 26 heavy (non-hydrogen) atoms. The summed E-state index contributed by atoms with van der Waals surface area (Å²) < 4.78 is 6.60. The van der Waals surface area contributed by atoms with Crippen LogP contribution in [0.25, 0.3) is 6.08 Å². The number of benzene rings is 1. The van der Waals surface area contributed by atoms with Crippen LogP contribution in [0.4, 0.5) is 0 Å². The lowest BCUT2D eigenvalue weighted by Gasteiger charge is -2.06. The van der Waals surface area contributed by atoms with E-state index < -0.39 is 5.97 Å². The van der Waals surface area contributed by atoms with Crippen LogP contribution >= 0.6 is 34.8 Å². The van der Waals surface area contributed by atoms with Crippen molar-refractivity contribution in [3.05, 3.63) is 56.3 Å². The zero-order valence-corrected chi connectivity index (χ0v) is 16.3. The third-order valence-electron chi connectivity index (χ3n) is 3.51. The molecule has 136 valence electrons. The smallest absolute Gasteiger partial charge is 0.330 e. The summed E-state index contributed by atoms with van der Waals surface area (Å²) in [6.45, 7) is 2.38. The van der Waals surface area contributed by atoms with Crippen molar-refractivity contribution in [1.29, 1.82) is 5.26 Å². The second kappa shape index (κ2) is 9.63. The Kier molecular flexibility index (Phi) is 7.52. The zero-order chi connectivity index (χ0) is 19.1. The van der Waals surface area contributed by atoms with E-state index in [-0.39, 0.29) is 6.61 Å². The summed E-state index contributed by atoms with van der Waals surface area (Å²) in [6.07, 6.45) is 3.72. The van der Waals surface area contributed by atoms with Gasteiger partial charge in [0.05, 0.1) is 24.9 Å². The minimum absolute atomic E-state index is 0.206. The van der Waals surface area contributed by atoms with Gasteiger partial charge in [-0.15, -0.1) is 0 Å². The molecule has 1 aromatic carbocycles. The number of nitriles is 1. The molecule has 0 aliphatic heterocycles. The summed E-state index contributed by atoms with van der Waals surface area (Å²) in [5.41, 5.74) is 2.13. The van der Waals surface area contributed by atoms with Crippen LogP contribution in [0.5, 0.6) is 0 Å². The summed E-state index contributed by atoms with van der Waals surface area (Å²) in [5, 5.41) is 14.3. The molecule has 0 N–H and O–H groups in total. The van der Waals surface area contributed by atoms with Crippen molar-refractivity contribution >= 4 is 46.8 Å². The van der Waals surface area contributed by atoms with Gasteiger partial charge in [0.1, 0.15) is 5.15 Å². The molecule has 0 aliphatic carbocycles. The van der Waals surface area contributed by atoms with E-state index in [4.69, 9.17) is 44.8 Å². The number of nitrogens with zero attached hydrogens (tertiary/aromatic N) is 3. The fourth-order valence-electron chi connectivity index (χ4n) is 2.20. The van der Waals surface area contributed by atoms with E-state index in [1.807, 2.05) is 12.1 Å². The number of halogens is 3. The molecule has 0 spiro atoms. The minimum atomic E-state index is -0.494. The largest absolute Gasteiger partial charge is 0.462 e. The van der Waals surface area contributed by atoms with Crippen LogP contribution in [-0.4, -0.2) is 22.4 Å². The Morgan fingerprint density at radius 1 is 1.38 bits per heavy atom. The van der Waals surface area contributed by atoms with E-state index in [0.717, 1.165) is 5.56 Å². The Balaban J connectivity index is 2.08. The van der Waals surface area contributed by atoms with Gasteiger partial charge in [-0.05, 0) is 37.1 Å². The number of aromatic nitrogens is 2. The average Bonchev–Trinajstić information content (AvgIpc) is 2.86. The van der Waals surface area contributed by atoms with Crippen molar-refractivity contribution in [2.45, 2.75) is 26.3 Å². The Bertz CT molecular complexity index is 869. The molecular weight excluding hydrogens is 397 g/mol. The molecule has 0 bridgehead atoms. The van der Waals surface area contributed by atoms with Gasteiger partial charge in [0, 0.05) is 28.1 Å². The third-order valence-corrected chi connectivity index (χ3v) is 4.49. The highest BCUT2D eigenvalue weighted by Gasteiger charge is 2.13. The van der Waals surface area contributed by atoms with Crippen LogP contribution in [0.1, 0.15) is 29.7 Å². The van der Waals surface area contributed by atoms with Crippen LogP contribution < -0.4 is 0 Å². The number of hydrogen-bond donors (Lipinski definition) is 0. The lowest BCUT2D eigenvalue weighted by Crippen LogP contribution is -2.03. The number of carbonyl (C=O) groups excluding carboxylic acids is 1. The van der Waals surface area contributed by atoms with Crippen molar-refractivity contribution < 1.29 is 9.53 Å². The first-order chi connectivity index (χ1) is 12.4. The van der Waals surface area contributed by atoms with Crippen molar-refractivity contribution in [3.8, 4) is 6.07 Å². The SMILES string of the molecule is Cc1nn(Cc2ccc(Cl)cc2Cl)c(Cl)c1/C=C/C(=O)OCCCC#N. The predicted molar refractivity (Wildman–Crippen MR) is 102 cm³/mol. The molecule has 8 heteroatoms. The first kappa shape index (κ1) is 20.3. The lowest BCUT2D eigenvalue weighted by molar-refractivity contribution is -0.137. The fourth-order valence-corrected chi connectivity index (χ4v) is 2.96. The first-order valence-electron chi connectivity index (χ1n) is 7.81. The van der Waals surface area contributed by atoms with E-state index in [1.54, 1.807) is 29.8 Å². The van der Waals surface area contributed by atoms with Gasteiger partial charge in [0.25, 0.3) is 0 Å². The third kappa shape index (κ3) is 5.50. The maximum atomic E-state index is 11.7. The van der Waals surface area contributed by atoms with Crippen LogP contribution in [0.2, 0.25) is 15.2 Å². The Hall–Kier alpha value is -2.00. The number of hydrogen-bond acceptors (Lipinski definition) is 4. The van der Waals surface area contributed by atoms with Gasteiger partial charge in [-0.25, -0.2) is 9.48 Å². The van der Waals surface area contributed by atoms with Gasteiger partial charge in [-0.1, -0.05) is 40.9 Å². The second-order valence-corrected chi connectivity index (χ2v) is 6.65. The topological polar surface area (TPSA) is 67.9 Å². The molecule has 0 fully saturated rings. The van der Waals surface area contributed by atoms with Crippen molar-refractivity contribution in [1.82, 2.24) is 9.78 Å². The van der Waals surface area contributed by atoms with Crippen LogP contribution in [0, 0.1) is 18.3 Å². The van der Waals surface area contributed by atoms with Gasteiger partial charge < -0.3 is 4.74 Å². The number of unbranched alkanes of at least 4 members (excludes halogenated alkanes) is 1. The van der Waals surface area contributed by atoms with Crippen LogP contribution in [0.3, 0.4) is 0 Å². The standard InChI is InChI=1S/C18H16Cl3N3O2/c1-12-15(6-7-17(25)26-9-3-2-8-22)18(21)24(23-12)11-13-4-5-14(19)10-16(13)20/h4-7,10H,2-3,9,11H2,1H3/b7-6+. The highest BCUT2D eigenvalue weighted by Crippen LogP contribution is 2.26. The van der Waals surface area contributed by atoms with Gasteiger partial charge in [-0.2, -0.15) is 10.4 Å². The first-order valence-corrected chi connectivity index (χ1v) is 8.94. The molecule has 0 atom stereocenters. The van der Waals surface area contributed by atoms with E-state index in [9.17, 15) is 4.79 Å². The monoisotopic (exact) mass is 411 g/mol. The molecule has 2 aromatic rings. The van der Waals surface area contributed by atoms with Crippen molar-refractivity contribution in [3.63, 3.8) is 0 Å². The van der Waals surface area contributed by atoms with Crippen LogP contribution in [-0.2, 0) is 16.1 Å². The van der Waals surface area contributed by atoms with E-state index in [1.165, 1.54) is 6.08 Å². The Morgan fingerprint density at radius 3 is 2.85 bits per heavy atom. The average molecular weight is 413 g/mol. The van der Waals surface area contributed by atoms with Crippen LogP contribution in [0.15, 0.2) is 24.3 Å². The molecule has 0 unspecified atom stereocenters. The highest BCUT2D eigenvalue weighted by atomic mass is 35.5. The summed E-state index contributed by atoms with van der Waals surface area (Å²) in [6, 6.07) is 7.21. The Morgan fingerprint density at radius 2 is 2.15 bits per heavy atom. The summed E-state index contributed by atoms with van der Waals surface area (Å²) in [7, 11) is 0. The Labute approximate surface area is 166 Å². The second-order valence-electron chi connectivity index (χ2n) is 5.45. The van der Waals surface area contributed by atoms with Gasteiger partial charge in [0.15, 0.2) is 0 Å². The molecule has 0 amide bonds. The maximum absolute atomic E-state index is 11.7. The molecule has 2 rings (SSSR count). The molecular formula is C18H16Cl3N3O2. The predicted octanol–water partition coefficient (Wildman–Crippen LogP) is 5.06. The summed E-state index contributed by atoms with van der Waals surface area (Å²) in [4.78, 5) is 11.7. The fraction of sp³-hybridized carbons (Fsp3) is 0.278. The zero-order valence-electron chi connectivity index (χ0n) is 14.0. The number of rotatable bonds is 7. The lowest BCUT2D eigenvalue weighted by atomic mass is 10.2. The molecule has 0 radical (unpaired) electrons. The molecule has 1 aromatic heterocycles. The normalized spacial score (nSPS) is 10.9. The van der Waals surface area contributed by atoms with E-state index in [0.29, 0.717) is 45.8 Å². The van der Waals surface area contributed by atoms with Gasteiger partial charge >= 0.3 is 5.97 Å². The molecule has 5 nitrogen and oxygen atoms in total. The maximum Gasteiger partial charge on any atom is 0.330 e. The number of carbonyl (C=O) groups is 1.